The highest BCUT2D eigenvalue weighted by Gasteiger charge is 1.78. The SMILES string of the molecule is CC[CH2][AlH][Cl].[CH3]. The molecule has 0 unspecified atom stereocenters. The molecular formula is C4H11AlCl. The van der Waals surface area contributed by atoms with Crippen LogP contribution in [0.1, 0.15) is 13.3 Å². The molecule has 2 heteroatoms. The molecule has 1 radical (unpaired) electrons. The molecule has 0 atom stereocenters. The van der Waals surface area contributed by atoms with Crippen LogP contribution in [0.4, 0.5) is 0 Å². The van der Waals surface area contributed by atoms with Crippen LogP contribution in [0.5, 0.6) is 0 Å². The predicted octanol–water partition coefficient (Wildman–Crippen LogP) is 1.86. The molecule has 0 saturated carbocycles. The first-order chi connectivity index (χ1) is 2.41. The van der Waals surface area contributed by atoms with Gasteiger partial charge in [-0.1, -0.05) is 26.1 Å². The molecule has 0 bridgehead atoms. The van der Waals surface area contributed by atoms with E-state index in [1.165, 1.54) is 11.7 Å². The Morgan fingerprint density at radius 3 is 2.17 bits per heavy atom. The lowest BCUT2D eigenvalue weighted by molar-refractivity contribution is 1.08. The van der Waals surface area contributed by atoms with Crippen molar-refractivity contribution >= 4 is 24.3 Å². The molecule has 0 aromatic rings. The normalized spacial score (nSPS) is 6.33. The standard InChI is InChI=1S/C3H7.CH3.Al.ClH.H/c1-3-2;;;;/h1,3H2,2H3;1H3;;1H;/q;;+1;;/p-1. The van der Waals surface area contributed by atoms with Crippen LogP contribution in [-0.2, 0) is 0 Å². The molecule has 6 heavy (non-hydrogen) atoms. The van der Waals surface area contributed by atoms with Gasteiger partial charge in [0.15, 0.2) is 0 Å². The molecule has 0 fully saturated rings. The summed E-state index contributed by atoms with van der Waals surface area (Å²) < 4.78 is 0. The zero-order valence-corrected chi connectivity index (χ0v) is 6.67. The van der Waals surface area contributed by atoms with E-state index in [0.717, 1.165) is 0 Å². The summed E-state index contributed by atoms with van der Waals surface area (Å²) in [4.78, 5) is 0. The average Bonchev–Trinajstić information content (AvgIpc) is 1.41. The van der Waals surface area contributed by atoms with Gasteiger partial charge < -0.3 is 0 Å². The zero-order valence-electron chi connectivity index (χ0n) is 4.50. The van der Waals surface area contributed by atoms with Crippen molar-refractivity contribution in [3.63, 3.8) is 0 Å². The maximum atomic E-state index is 5.44. The van der Waals surface area contributed by atoms with Crippen LogP contribution in [0.3, 0.4) is 0 Å². The third-order valence-corrected chi connectivity index (χ3v) is 2.26. The van der Waals surface area contributed by atoms with Crippen molar-refractivity contribution in [1.29, 1.82) is 0 Å². The van der Waals surface area contributed by atoms with Crippen molar-refractivity contribution in [2.24, 2.45) is 0 Å². The van der Waals surface area contributed by atoms with Gasteiger partial charge >= 0.3 is 14.3 Å². The topological polar surface area (TPSA) is 0 Å². The minimum atomic E-state index is -0.114. The molecule has 0 amide bonds. The van der Waals surface area contributed by atoms with Crippen molar-refractivity contribution in [3.8, 4) is 0 Å². The Labute approximate surface area is 50.8 Å². The van der Waals surface area contributed by atoms with Crippen LogP contribution in [0.25, 0.3) is 0 Å². The summed E-state index contributed by atoms with van der Waals surface area (Å²) in [5, 5.41) is 1.29. The van der Waals surface area contributed by atoms with Gasteiger partial charge in [-0.25, -0.2) is 0 Å². The van der Waals surface area contributed by atoms with Gasteiger partial charge in [0.2, 0.25) is 0 Å². The lowest BCUT2D eigenvalue weighted by Gasteiger charge is -1.73. The zero-order chi connectivity index (χ0) is 4.12. The van der Waals surface area contributed by atoms with E-state index in [2.05, 4.69) is 6.92 Å². The minimum absolute atomic E-state index is 0. The van der Waals surface area contributed by atoms with E-state index >= 15 is 0 Å². The van der Waals surface area contributed by atoms with Crippen molar-refractivity contribution in [3.05, 3.63) is 7.43 Å². The smallest absolute Gasteiger partial charge is 0.267 e. The van der Waals surface area contributed by atoms with Gasteiger partial charge in [0.05, 0.1) is 0 Å². The van der Waals surface area contributed by atoms with E-state index in [-0.39, 0.29) is 21.7 Å². The maximum Gasteiger partial charge on any atom is 0.376 e. The highest BCUT2D eigenvalue weighted by atomic mass is 35.6. The van der Waals surface area contributed by atoms with Gasteiger partial charge in [-0.05, 0) is 0 Å². The van der Waals surface area contributed by atoms with Gasteiger partial charge in [-0.3, -0.25) is 10.0 Å². The van der Waals surface area contributed by atoms with Gasteiger partial charge in [0.25, 0.3) is 0 Å². The molecule has 0 heterocycles. The van der Waals surface area contributed by atoms with E-state index in [4.69, 9.17) is 10.0 Å². The van der Waals surface area contributed by atoms with Crippen LogP contribution in [0.2, 0.25) is 5.28 Å². The summed E-state index contributed by atoms with van der Waals surface area (Å²) in [6, 6.07) is 0. The molecule has 37 valence electrons. The molecule has 0 aliphatic rings. The van der Waals surface area contributed by atoms with Gasteiger partial charge in [0.1, 0.15) is 0 Å². The summed E-state index contributed by atoms with van der Waals surface area (Å²) in [7, 11) is 5.44. The van der Waals surface area contributed by atoms with Gasteiger partial charge in [-0.15, -0.1) is 0 Å². The van der Waals surface area contributed by atoms with E-state index < -0.39 is 0 Å². The van der Waals surface area contributed by atoms with Crippen LogP contribution >= 0.6 is 10.0 Å². The van der Waals surface area contributed by atoms with E-state index in [1.807, 2.05) is 0 Å². The second kappa shape index (κ2) is 9.27. The van der Waals surface area contributed by atoms with Crippen LogP contribution in [-0.4, -0.2) is 14.3 Å². The van der Waals surface area contributed by atoms with Crippen molar-refractivity contribution in [2.45, 2.75) is 18.6 Å². The molecule has 0 aromatic carbocycles. The highest BCUT2D eigenvalue weighted by Crippen LogP contribution is 1.85. The Morgan fingerprint density at radius 2 is 2.17 bits per heavy atom. The summed E-state index contributed by atoms with van der Waals surface area (Å²) in [5.41, 5.74) is 0. The lowest BCUT2D eigenvalue weighted by Crippen LogP contribution is -1.69. The van der Waals surface area contributed by atoms with Gasteiger partial charge in [0, 0.05) is 0 Å². The first kappa shape index (κ1) is 9.95. The molecule has 0 saturated heterocycles. The van der Waals surface area contributed by atoms with E-state index in [0.29, 0.717) is 0 Å². The quantitative estimate of drug-likeness (QED) is 0.489. The van der Waals surface area contributed by atoms with Crippen LogP contribution in [0, 0.1) is 7.43 Å². The van der Waals surface area contributed by atoms with Crippen molar-refractivity contribution in [1.82, 2.24) is 0 Å². The Kier molecular flexibility index (Phi) is 15.4. The first-order valence-electron chi connectivity index (χ1n) is 1.97. The average molecular weight is 122 g/mol. The Morgan fingerprint density at radius 1 is 1.67 bits per heavy atom. The summed E-state index contributed by atoms with van der Waals surface area (Å²) in [6.45, 7) is 2.16. The highest BCUT2D eigenvalue weighted by molar-refractivity contribution is 6.93. The molecule has 0 spiro atoms. The fourth-order valence-corrected chi connectivity index (χ4v) is 1.20. The molecule has 0 aromatic heterocycles. The second-order valence-electron chi connectivity index (χ2n) is 1.04. The van der Waals surface area contributed by atoms with Crippen LogP contribution < -0.4 is 0 Å². The first-order valence-corrected chi connectivity index (χ1v) is 5.11. The summed E-state index contributed by atoms with van der Waals surface area (Å²) in [5.74, 6) is 0. The maximum absolute atomic E-state index is 5.44. The van der Waals surface area contributed by atoms with E-state index in [1.54, 1.807) is 0 Å². The summed E-state index contributed by atoms with van der Waals surface area (Å²) >= 11 is -0.114. The largest absolute Gasteiger partial charge is 0.376 e. The molecular weight excluding hydrogens is 110 g/mol. The Hall–Kier alpha value is 0.822. The van der Waals surface area contributed by atoms with Crippen molar-refractivity contribution in [2.75, 3.05) is 0 Å². The lowest BCUT2D eigenvalue weighted by atomic mass is 10.6. The third kappa shape index (κ3) is 8.85. The molecule has 0 N–H and O–H groups in total. The van der Waals surface area contributed by atoms with Crippen molar-refractivity contribution < 1.29 is 0 Å². The second-order valence-corrected chi connectivity index (χ2v) is 3.26. The third-order valence-electron chi connectivity index (χ3n) is 0.487. The Balaban J connectivity index is 0. The fourth-order valence-electron chi connectivity index (χ4n) is 0.134. The summed E-state index contributed by atoms with van der Waals surface area (Å²) in [6.07, 6.45) is 1.27. The van der Waals surface area contributed by atoms with E-state index in [9.17, 15) is 0 Å². The number of hydrogen-bond donors (Lipinski definition) is 0. The predicted molar refractivity (Wildman–Crippen MR) is 34.5 cm³/mol. The fraction of sp³-hybridized carbons (Fsp3) is 0.750. The number of hydrogen-bond acceptors (Lipinski definition) is 0. The monoisotopic (exact) mass is 121 g/mol. The molecule has 0 aliphatic heterocycles. The number of halogens is 1. The van der Waals surface area contributed by atoms with Gasteiger partial charge in [-0.2, -0.15) is 0 Å². The number of rotatable bonds is 2. The molecule has 0 aliphatic carbocycles. The van der Waals surface area contributed by atoms with Crippen LogP contribution in [0.15, 0.2) is 0 Å². The molecule has 0 nitrogen and oxygen atoms in total. The Bertz CT molecular complexity index is 15.0. The molecule has 0 rings (SSSR count). The minimum Gasteiger partial charge on any atom is -0.267 e.